The van der Waals surface area contributed by atoms with Gasteiger partial charge in [0.05, 0.1) is 25.3 Å². The number of hydrogen-bond acceptors (Lipinski definition) is 6. The predicted molar refractivity (Wildman–Crippen MR) is 112 cm³/mol. The van der Waals surface area contributed by atoms with E-state index in [1.54, 1.807) is 44.6 Å². The quantitative estimate of drug-likeness (QED) is 0.576. The van der Waals surface area contributed by atoms with Crippen LogP contribution in [0.5, 0.6) is 5.75 Å². The van der Waals surface area contributed by atoms with E-state index in [1.807, 2.05) is 0 Å². The summed E-state index contributed by atoms with van der Waals surface area (Å²) in [5, 5.41) is 2.77. The molecule has 166 valence electrons. The fraction of sp³-hybridized carbons (Fsp3) is 0.304. The number of aryl methyl sites for hydroxylation is 1. The molecule has 7 nitrogen and oxygen atoms in total. The van der Waals surface area contributed by atoms with E-state index in [-0.39, 0.29) is 19.1 Å². The van der Waals surface area contributed by atoms with E-state index in [4.69, 9.17) is 9.47 Å². The van der Waals surface area contributed by atoms with Crippen molar-refractivity contribution in [3.63, 3.8) is 0 Å². The standard InChI is InChI=1S/C23H22F2N4O3/c1-14-27-11-20(19(28-14)12-31-2)32-13-23(15-6-7-17(24)18(25)9-15)10-16(23)22(30)29-21-5-3-4-8-26-21/h3-9,11,16H,10,12-13H2,1-2H3,(H,26,29,30)/t16-,23+/m0/s1. The second-order valence-corrected chi connectivity index (χ2v) is 7.70. The molecule has 0 bridgehead atoms. The van der Waals surface area contributed by atoms with E-state index in [0.717, 1.165) is 12.1 Å². The van der Waals surface area contributed by atoms with Gasteiger partial charge in [-0.25, -0.2) is 23.7 Å². The summed E-state index contributed by atoms with van der Waals surface area (Å²) in [7, 11) is 1.54. The van der Waals surface area contributed by atoms with Crippen LogP contribution in [-0.4, -0.2) is 34.6 Å². The van der Waals surface area contributed by atoms with E-state index in [2.05, 4.69) is 20.3 Å². The largest absolute Gasteiger partial charge is 0.489 e. The van der Waals surface area contributed by atoms with Crippen LogP contribution in [0.25, 0.3) is 0 Å². The lowest BCUT2D eigenvalue weighted by atomic mass is 9.93. The van der Waals surface area contributed by atoms with Crippen molar-refractivity contribution >= 4 is 11.7 Å². The van der Waals surface area contributed by atoms with Crippen LogP contribution >= 0.6 is 0 Å². The number of rotatable bonds is 8. The number of amides is 1. The number of methoxy groups -OCH3 is 1. The highest BCUT2D eigenvalue weighted by molar-refractivity contribution is 5.95. The Morgan fingerprint density at radius 1 is 1.22 bits per heavy atom. The van der Waals surface area contributed by atoms with Gasteiger partial charge in [-0.2, -0.15) is 0 Å². The topological polar surface area (TPSA) is 86.2 Å². The first-order valence-electron chi connectivity index (χ1n) is 10.0. The Morgan fingerprint density at radius 2 is 2.06 bits per heavy atom. The SMILES string of the molecule is COCc1nc(C)ncc1OC[C@@]1(c2ccc(F)c(F)c2)C[C@H]1C(=O)Nc1ccccn1. The lowest BCUT2D eigenvalue weighted by Gasteiger charge is -2.20. The smallest absolute Gasteiger partial charge is 0.229 e. The molecule has 1 amide bonds. The highest BCUT2D eigenvalue weighted by atomic mass is 19.2. The van der Waals surface area contributed by atoms with Crippen LogP contribution in [0, 0.1) is 24.5 Å². The van der Waals surface area contributed by atoms with E-state index >= 15 is 0 Å². The van der Waals surface area contributed by atoms with E-state index in [1.165, 1.54) is 6.07 Å². The molecule has 32 heavy (non-hydrogen) atoms. The number of aromatic nitrogens is 3. The zero-order chi connectivity index (χ0) is 22.7. The highest BCUT2D eigenvalue weighted by Crippen LogP contribution is 2.55. The molecule has 0 radical (unpaired) electrons. The minimum atomic E-state index is -0.976. The molecule has 2 aromatic heterocycles. The number of pyridine rings is 1. The van der Waals surface area contributed by atoms with Crippen LogP contribution in [-0.2, 0) is 21.6 Å². The third kappa shape index (κ3) is 4.43. The number of anilines is 1. The Balaban J connectivity index is 1.60. The van der Waals surface area contributed by atoms with Gasteiger partial charge in [0.2, 0.25) is 5.91 Å². The molecule has 3 aromatic rings. The monoisotopic (exact) mass is 440 g/mol. The van der Waals surface area contributed by atoms with Crippen LogP contribution in [0.3, 0.4) is 0 Å². The number of hydrogen-bond donors (Lipinski definition) is 1. The fourth-order valence-electron chi connectivity index (χ4n) is 3.74. The predicted octanol–water partition coefficient (Wildman–Crippen LogP) is 3.58. The summed E-state index contributed by atoms with van der Waals surface area (Å²) < 4.78 is 38.8. The normalized spacial score (nSPS) is 19.4. The zero-order valence-corrected chi connectivity index (χ0v) is 17.6. The Hall–Kier alpha value is -3.46. The van der Waals surface area contributed by atoms with Crippen LogP contribution in [0.15, 0.2) is 48.8 Å². The lowest BCUT2D eigenvalue weighted by Crippen LogP contribution is -2.27. The highest BCUT2D eigenvalue weighted by Gasteiger charge is 2.60. The molecule has 2 atom stereocenters. The Morgan fingerprint density at radius 3 is 2.78 bits per heavy atom. The molecule has 1 aliphatic rings. The van der Waals surface area contributed by atoms with Crippen molar-refractivity contribution < 1.29 is 23.0 Å². The summed E-state index contributed by atoms with van der Waals surface area (Å²) in [5.41, 5.74) is 0.220. The van der Waals surface area contributed by atoms with E-state index in [9.17, 15) is 13.6 Å². The average molecular weight is 440 g/mol. The summed E-state index contributed by atoms with van der Waals surface area (Å²) in [6, 6.07) is 8.84. The molecule has 2 heterocycles. The number of ether oxygens (including phenoxy) is 2. The molecule has 0 unspecified atom stereocenters. The first-order chi connectivity index (χ1) is 15.4. The molecule has 0 spiro atoms. The number of halogens is 2. The molecule has 1 saturated carbocycles. The van der Waals surface area contributed by atoms with Crippen LogP contribution in [0.4, 0.5) is 14.6 Å². The van der Waals surface area contributed by atoms with Crippen molar-refractivity contribution in [2.24, 2.45) is 5.92 Å². The van der Waals surface area contributed by atoms with Gasteiger partial charge in [0, 0.05) is 18.7 Å². The van der Waals surface area contributed by atoms with Crippen LogP contribution < -0.4 is 10.1 Å². The maximum Gasteiger partial charge on any atom is 0.229 e. The molecule has 1 aromatic carbocycles. The molecule has 0 aliphatic heterocycles. The number of nitrogens with zero attached hydrogens (tertiary/aromatic N) is 3. The third-order valence-corrected chi connectivity index (χ3v) is 5.52. The van der Waals surface area contributed by atoms with Crippen molar-refractivity contribution in [2.45, 2.75) is 25.4 Å². The van der Waals surface area contributed by atoms with Gasteiger partial charge in [-0.05, 0) is 43.2 Å². The van der Waals surface area contributed by atoms with E-state index < -0.39 is 23.0 Å². The first-order valence-corrected chi connectivity index (χ1v) is 10.0. The van der Waals surface area contributed by atoms with Crippen molar-refractivity contribution in [3.05, 3.63) is 77.5 Å². The van der Waals surface area contributed by atoms with Gasteiger partial charge < -0.3 is 14.8 Å². The minimum absolute atomic E-state index is 0.0571. The number of nitrogens with one attached hydrogen (secondary N) is 1. The fourth-order valence-corrected chi connectivity index (χ4v) is 3.74. The Labute approximate surface area is 183 Å². The van der Waals surface area contributed by atoms with Crippen molar-refractivity contribution in [2.75, 3.05) is 19.0 Å². The molecule has 9 heteroatoms. The number of carbonyl (C=O) groups is 1. The van der Waals surface area contributed by atoms with Crippen molar-refractivity contribution in [3.8, 4) is 5.75 Å². The lowest BCUT2D eigenvalue weighted by molar-refractivity contribution is -0.117. The van der Waals surface area contributed by atoms with Gasteiger partial charge in [-0.15, -0.1) is 0 Å². The molecule has 1 fully saturated rings. The van der Waals surface area contributed by atoms with Gasteiger partial charge in [-0.1, -0.05) is 12.1 Å². The van der Waals surface area contributed by atoms with Gasteiger partial charge in [0.25, 0.3) is 0 Å². The van der Waals surface area contributed by atoms with Crippen LogP contribution in [0.2, 0.25) is 0 Å². The summed E-state index contributed by atoms with van der Waals surface area (Å²) in [6.07, 6.45) is 3.52. The molecule has 1 aliphatic carbocycles. The Bertz CT molecular complexity index is 1130. The van der Waals surface area contributed by atoms with Gasteiger partial charge in [0.1, 0.15) is 17.3 Å². The second kappa shape index (κ2) is 8.96. The molecule has 4 rings (SSSR count). The van der Waals surface area contributed by atoms with Crippen LogP contribution in [0.1, 0.15) is 23.5 Å². The van der Waals surface area contributed by atoms with Crippen molar-refractivity contribution in [1.29, 1.82) is 0 Å². The maximum atomic E-state index is 14.0. The summed E-state index contributed by atoms with van der Waals surface area (Å²) in [4.78, 5) is 25.5. The van der Waals surface area contributed by atoms with Gasteiger partial charge in [-0.3, -0.25) is 4.79 Å². The minimum Gasteiger partial charge on any atom is -0.489 e. The molecule has 0 saturated heterocycles. The zero-order valence-electron chi connectivity index (χ0n) is 17.6. The average Bonchev–Trinajstić information content (AvgIpc) is 3.52. The maximum absolute atomic E-state index is 14.0. The summed E-state index contributed by atoms with van der Waals surface area (Å²) >= 11 is 0. The summed E-state index contributed by atoms with van der Waals surface area (Å²) in [6.45, 7) is 2.03. The molecule has 1 N–H and O–H groups in total. The molecular formula is C23H22F2N4O3. The summed E-state index contributed by atoms with van der Waals surface area (Å²) in [5.74, 6) is -1.31. The van der Waals surface area contributed by atoms with Crippen molar-refractivity contribution in [1.82, 2.24) is 15.0 Å². The second-order valence-electron chi connectivity index (χ2n) is 7.70. The van der Waals surface area contributed by atoms with Gasteiger partial charge >= 0.3 is 0 Å². The number of carbonyl (C=O) groups excluding carboxylic acids is 1. The number of benzene rings is 1. The van der Waals surface area contributed by atoms with E-state index in [0.29, 0.717) is 35.1 Å². The third-order valence-electron chi connectivity index (χ3n) is 5.52. The first kappa shape index (κ1) is 21.8. The Kier molecular flexibility index (Phi) is 6.09. The van der Waals surface area contributed by atoms with Gasteiger partial charge in [0.15, 0.2) is 17.4 Å². The molecular weight excluding hydrogens is 418 g/mol.